The Hall–Kier alpha value is -1.60. The Morgan fingerprint density at radius 2 is 2.11 bits per heavy atom. The van der Waals surface area contributed by atoms with E-state index in [4.69, 9.17) is 15.0 Å². The van der Waals surface area contributed by atoms with Crippen molar-refractivity contribution in [2.75, 3.05) is 0 Å². The second-order valence-electron chi connectivity index (χ2n) is 3.85. The van der Waals surface area contributed by atoms with Crippen molar-refractivity contribution in [3.63, 3.8) is 0 Å². The second kappa shape index (κ2) is 5.36. The van der Waals surface area contributed by atoms with Gasteiger partial charge in [-0.25, -0.2) is 18.4 Å². The van der Waals surface area contributed by atoms with Crippen LogP contribution >= 0.6 is 0 Å². The van der Waals surface area contributed by atoms with Gasteiger partial charge in [0, 0.05) is 0 Å². The smallest absolute Gasteiger partial charge is 0.335 e. The quantitative estimate of drug-likeness (QED) is 0.838. The van der Waals surface area contributed by atoms with Gasteiger partial charge < -0.3 is 9.84 Å². The van der Waals surface area contributed by atoms with E-state index in [0.717, 1.165) is 6.07 Å². The Bertz CT molecular complexity index is 553. The maximum Gasteiger partial charge on any atom is 0.335 e. The first-order chi connectivity index (χ1) is 8.25. The largest absolute Gasteiger partial charge is 0.489 e. The van der Waals surface area contributed by atoms with Crippen molar-refractivity contribution in [1.82, 2.24) is 0 Å². The Morgan fingerprint density at radius 1 is 1.50 bits per heavy atom. The van der Waals surface area contributed by atoms with Crippen LogP contribution < -0.4 is 9.88 Å². The fourth-order valence-corrected chi connectivity index (χ4v) is 1.95. The number of aromatic carboxylic acids is 1. The van der Waals surface area contributed by atoms with Gasteiger partial charge in [0.05, 0.1) is 11.7 Å². The van der Waals surface area contributed by atoms with Crippen LogP contribution in [-0.4, -0.2) is 25.6 Å². The Kier molecular flexibility index (Phi) is 4.31. The third-order valence-corrected chi connectivity index (χ3v) is 3.33. The lowest BCUT2D eigenvalue weighted by Crippen LogP contribution is -2.17. The maximum atomic E-state index is 11.4. The van der Waals surface area contributed by atoms with Crippen LogP contribution in [0.5, 0.6) is 5.75 Å². The summed E-state index contributed by atoms with van der Waals surface area (Å²) >= 11 is 0. The fourth-order valence-electron chi connectivity index (χ4n) is 1.26. The van der Waals surface area contributed by atoms with Crippen molar-refractivity contribution >= 4 is 16.0 Å². The summed E-state index contributed by atoms with van der Waals surface area (Å²) in [4.78, 5) is 10.5. The van der Waals surface area contributed by atoms with Crippen LogP contribution in [-0.2, 0) is 10.0 Å². The van der Waals surface area contributed by atoms with E-state index in [1.165, 1.54) is 12.1 Å². The SMILES string of the molecule is CCC(C)Oc1ccc(C(=O)O)cc1S(N)(=O)=O. The first-order valence-corrected chi connectivity index (χ1v) is 6.87. The summed E-state index contributed by atoms with van der Waals surface area (Å²) in [6.45, 7) is 3.66. The number of rotatable bonds is 5. The molecule has 0 heterocycles. The van der Waals surface area contributed by atoms with E-state index < -0.39 is 16.0 Å². The molecule has 0 fully saturated rings. The molecule has 0 bridgehead atoms. The Morgan fingerprint density at radius 3 is 2.56 bits per heavy atom. The molecule has 0 aliphatic carbocycles. The van der Waals surface area contributed by atoms with Crippen LogP contribution in [0.15, 0.2) is 23.1 Å². The summed E-state index contributed by atoms with van der Waals surface area (Å²) in [5, 5.41) is 13.9. The normalized spacial score (nSPS) is 13.1. The first kappa shape index (κ1) is 14.5. The highest BCUT2D eigenvalue weighted by Gasteiger charge is 2.19. The number of ether oxygens (including phenoxy) is 1. The predicted octanol–water partition coefficient (Wildman–Crippen LogP) is 1.21. The molecule has 0 aromatic heterocycles. The molecule has 1 atom stereocenters. The van der Waals surface area contributed by atoms with Crippen molar-refractivity contribution in [3.05, 3.63) is 23.8 Å². The summed E-state index contributed by atoms with van der Waals surface area (Å²) in [6, 6.07) is 3.57. The summed E-state index contributed by atoms with van der Waals surface area (Å²) in [7, 11) is -4.03. The summed E-state index contributed by atoms with van der Waals surface area (Å²) < 4.78 is 28.2. The highest BCUT2D eigenvalue weighted by molar-refractivity contribution is 7.89. The van der Waals surface area contributed by atoms with E-state index in [9.17, 15) is 13.2 Å². The van der Waals surface area contributed by atoms with E-state index in [0.29, 0.717) is 6.42 Å². The lowest BCUT2D eigenvalue weighted by atomic mass is 10.2. The standard InChI is InChI=1S/C11H15NO5S/c1-3-7(2)17-9-5-4-8(11(13)14)6-10(9)18(12,15)16/h4-7H,3H2,1-2H3,(H,13,14)(H2,12,15,16). The van der Waals surface area contributed by atoms with Crippen LogP contribution in [0.1, 0.15) is 30.6 Å². The molecule has 3 N–H and O–H groups in total. The topological polar surface area (TPSA) is 107 Å². The number of nitrogens with two attached hydrogens (primary N) is 1. The van der Waals surface area contributed by atoms with E-state index >= 15 is 0 Å². The average molecular weight is 273 g/mol. The monoisotopic (exact) mass is 273 g/mol. The maximum absolute atomic E-state index is 11.4. The number of hydrogen-bond donors (Lipinski definition) is 2. The van der Waals surface area contributed by atoms with Crippen molar-refractivity contribution in [2.24, 2.45) is 5.14 Å². The minimum atomic E-state index is -4.03. The molecule has 1 aromatic carbocycles. The van der Waals surface area contributed by atoms with Gasteiger partial charge in [-0.1, -0.05) is 6.92 Å². The van der Waals surface area contributed by atoms with Crippen molar-refractivity contribution < 1.29 is 23.1 Å². The van der Waals surface area contributed by atoms with E-state index in [1.807, 2.05) is 6.92 Å². The van der Waals surface area contributed by atoms with Gasteiger partial charge >= 0.3 is 5.97 Å². The predicted molar refractivity (Wildman–Crippen MR) is 65.2 cm³/mol. The minimum Gasteiger partial charge on any atom is -0.489 e. The zero-order chi connectivity index (χ0) is 13.9. The van der Waals surface area contributed by atoms with Crippen LogP contribution in [0.4, 0.5) is 0 Å². The molecule has 0 saturated heterocycles. The molecule has 0 saturated carbocycles. The van der Waals surface area contributed by atoms with Gasteiger partial charge in [0.2, 0.25) is 10.0 Å². The summed E-state index contributed by atoms with van der Waals surface area (Å²) in [5.41, 5.74) is -0.157. The molecule has 6 nitrogen and oxygen atoms in total. The van der Waals surface area contributed by atoms with Gasteiger partial charge in [0.25, 0.3) is 0 Å². The molecule has 7 heteroatoms. The fraction of sp³-hybridized carbons (Fsp3) is 0.364. The summed E-state index contributed by atoms with van der Waals surface area (Å²) in [6.07, 6.45) is 0.492. The molecule has 1 rings (SSSR count). The molecule has 0 spiro atoms. The van der Waals surface area contributed by atoms with Crippen LogP contribution in [0.2, 0.25) is 0 Å². The molecule has 18 heavy (non-hydrogen) atoms. The third-order valence-electron chi connectivity index (χ3n) is 2.40. The lowest BCUT2D eigenvalue weighted by Gasteiger charge is -2.15. The number of benzene rings is 1. The molecule has 100 valence electrons. The number of carboxylic acids is 1. The van der Waals surface area contributed by atoms with Gasteiger partial charge in [0.1, 0.15) is 10.6 Å². The number of primary sulfonamides is 1. The third kappa shape index (κ3) is 3.44. The van der Waals surface area contributed by atoms with Gasteiger partial charge in [-0.15, -0.1) is 0 Å². The van der Waals surface area contributed by atoms with Crippen LogP contribution in [0.25, 0.3) is 0 Å². The van der Waals surface area contributed by atoms with Crippen molar-refractivity contribution in [2.45, 2.75) is 31.3 Å². The first-order valence-electron chi connectivity index (χ1n) is 5.32. The Balaban J connectivity index is 3.30. The van der Waals surface area contributed by atoms with Gasteiger partial charge in [-0.05, 0) is 31.5 Å². The lowest BCUT2D eigenvalue weighted by molar-refractivity contribution is 0.0696. The highest BCUT2D eigenvalue weighted by Crippen LogP contribution is 2.25. The minimum absolute atomic E-state index is 0.0665. The highest BCUT2D eigenvalue weighted by atomic mass is 32.2. The van der Waals surface area contributed by atoms with Gasteiger partial charge in [-0.2, -0.15) is 0 Å². The van der Waals surface area contributed by atoms with Gasteiger partial charge in [0.15, 0.2) is 0 Å². The van der Waals surface area contributed by atoms with E-state index in [2.05, 4.69) is 0 Å². The van der Waals surface area contributed by atoms with Gasteiger partial charge in [-0.3, -0.25) is 0 Å². The molecular formula is C11H15NO5S. The van der Waals surface area contributed by atoms with E-state index in [1.54, 1.807) is 6.92 Å². The molecule has 1 aromatic rings. The molecule has 1 unspecified atom stereocenters. The number of carbonyl (C=O) groups is 1. The van der Waals surface area contributed by atoms with Crippen LogP contribution in [0, 0.1) is 0 Å². The number of carboxylic acid groups (broad SMARTS) is 1. The molecule has 0 aliphatic heterocycles. The van der Waals surface area contributed by atoms with E-state index in [-0.39, 0.29) is 22.3 Å². The van der Waals surface area contributed by atoms with Crippen molar-refractivity contribution in [3.8, 4) is 5.75 Å². The molecule has 0 aliphatic rings. The van der Waals surface area contributed by atoms with Crippen LogP contribution in [0.3, 0.4) is 0 Å². The Labute approximate surface area is 105 Å². The number of hydrogen-bond acceptors (Lipinski definition) is 4. The average Bonchev–Trinajstić information content (AvgIpc) is 2.27. The molecule has 0 amide bonds. The molecular weight excluding hydrogens is 258 g/mol. The summed E-state index contributed by atoms with van der Waals surface area (Å²) in [5.74, 6) is -1.16. The zero-order valence-electron chi connectivity index (χ0n) is 10.1. The number of sulfonamides is 1. The van der Waals surface area contributed by atoms with Crippen molar-refractivity contribution in [1.29, 1.82) is 0 Å². The zero-order valence-corrected chi connectivity index (χ0v) is 10.9. The molecule has 0 radical (unpaired) electrons. The second-order valence-corrected chi connectivity index (χ2v) is 5.38.